The van der Waals surface area contributed by atoms with Crippen LogP contribution in [0.4, 0.5) is 0 Å². The molecule has 34 heavy (non-hydrogen) atoms. The number of phenols is 1. The second-order valence-corrected chi connectivity index (χ2v) is 13.8. The molecular formula is C29H41NO4. The van der Waals surface area contributed by atoms with E-state index in [9.17, 15) is 10.2 Å². The van der Waals surface area contributed by atoms with Crippen molar-refractivity contribution in [2.45, 2.75) is 101 Å². The van der Waals surface area contributed by atoms with E-state index in [0.717, 1.165) is 44.6 Å². The lowest BCUT2D eigenvalue weighted by Gasteiger charge is -2.75. The first-order chi connectivity index (χ1) is 16.0. The van der Waals surface area contributed by atoms with Crippen molar-refractivity contribution in [3.8, 4) is 11.5 Å². The number of nitrogens with zero attached hydrogens (tertiary/aromatic N) is 1. The van der Waals surface area contributed by atoms with Crippen LogP contribution in [0, 0.1) is 22.7 Å². The van der Waals surface area contributed by atoms with Crippen molar-refractivity contribution >= 4 is 0 Å². The highest BCUT2D eigenvalue weighted by Crippen LogP contribution is 2.78. The second kappa shape index (κ2) is 6.33. The monoisotopic (exact) mass is 467 g/mol. The maximum absolute atomic E-state index is 12.2. The summed E-state index contributed by atoms with van der Waals surface area (Å²) in [5, 5.41) is 23.2. The Kier molecular flexibility index (Phi) is 4.08. The zero-order chi connectivity index (χ0) is 23.9. The zero-order valence-electron chi connectivity index (χ0n) is 21.5. The van der Waals surface area contributed by atoms with Crippen molar-refractivity contribution in [2.24, 2.45) is 22.7 Å². The van der Waals surface area contributed by atoms with Gasteiger partial charge in [-0.1, -0.05) is 26.8 Å². The molecule has 4 bridgehead atoms. The first-order valence-corrected chi connectivity index (χ1v) is 13.6. The summed E-state index contributed by atoms with van der Waals surface area (Å²) in [4.78, 5) is 2.82. The van der Waals surface area contributed by atoms with E-state index in [2.05, 4.69) is 31.7 Å². The Hall–Kier alpha value is -1.30. The van der Waals surface area contributed by atoms with Crippen LogP contribution in [0.2, 0.25) is 0 Å². The van der Waals surface area contributed by atoms with Crippen LogP contribution in [0.5, 0.6) is 11.5 Å². The van der Waals surface area contributed by atoms with E-state index in [0.29, 0.717) is 11.8 Å². The zero-order valence-corrected chi connectivity index (χ0v) is 21.5. The van der Waals surface area contributed by atoms with Gasteiger partial charge in [0.05, 0.1) is 5.60 Å². The lowest BCUT2D eigenvalue weighted by molar-refractivity contribution is -0.312. The minimum Gasteiger partial charge on any atom is -0.504 e. The van der Waals surface area contributed by atoms with E-state index in [-0.39, 0.29) is 34.0 Å². The number of benzene rings is 1. The van der Waals surface area contributed by atoms with Gasteiger partial charge in [-0.05, 0) is 81.4 Å². The van der Waals surface area contributed by atoms with E-state index >= 15 is 0 Å². The molecule has 1 aromatic carbocycles. The predicted molar refractivity (Wildman–Crippen MR) is 130 cm³/mol. The number of aromatic hydroxyl groups is 1. The maximum Gasteiger partial charge on any atom is 0.165 e. The van der Waals surface area contributed by atoms with Crippen LogP contribution in [0.15, 0.2) is 12.1 Å². The van der Waals surface area contributed by atoms with Crippen molar-refractivity contribution < 1.29 is 19.7 Å². The molecule has 2 spiro atoms. The molecule has 5 aliphatic carbocycles. The molecule has 0 radical (unpaired) electrons. The Labute approximate surface area is 203 Å². The summed E-state index contributed by atoms with van der Waals surface area (Å²) in [5.41, 5.74) is 0.783. The standard InChI is InChI=1S/C29H41NO4/c1-25(2,3)26(4,32)20-15-27-10-11-29(20,33-5)24-28(27)12-13-30(16-17-6-7-17)21(27)14-18-8-9-19(31)23(34-24)22(18)28/h8-9,17,20-21,24,31-32H,6-7,10-16H2,1-5H3/t20?,21-,24?,26?,27-,28+,29+/m1/s1. The van der Waals surface area contributed by atoms with Crippen LogP contribution in [-0.2, 0) is 16.6 Å². The van der Waals surface area contributed by atoms with E-state index in [1.54, 1.807) is 0 Å². The van der Waals surface area contributed by atoms with Gasteiger partial charge >= 0.3 is 0 Å². The number of likely N-dealkylation sites (tertiary alicyclic amines) is 1. The number of fused-ring (bicyclic) bond motifs is 2. The lowest BCUT2D eigenvalue weighted by atomic mass is 9.33. The number of phenolic OH excluding ortho intramolecular Hbond substituents is 1. The minimum absolute atomic E-state index is 0.0294. The second-order valence-electron chi connectivity index (χ2n) is 13.8. The molecule has 8 rings (SSSR count). The number of aliphatic hydroxyl groups is 1. The quantitative estimate of drug-likeness (QED) is 0.687. The molecule has 7 aliphatic rings. The van der Waals surface area contributed by atoms with Gasteiger partial charge in [0.25, 0.3) is 0 Å². The molecule has 3 unspecified atom stereocenters. The topological polar surface area (TPSA) is 62.2 Å². The van der Waals surface area contributed by atoms with Crippen LogP contribution in [0.1, 0.15) is 77.3 Å². The van der Waals surface area contributed by atoms with Crippen molar-refractivity contribution in [1.29, 1.82) is 0 Å². The molecule has 1 aromatic rings. The normalized spacial score (nSPS) is 43.9. The number of ether oxygens (including phenoxy) is 2. The highest BCUT2D eigenvalue weighted by molar-refractivity contribution is 5.63. The smallest absolute Gasteiger partial charge is 0.165 e. The summed E-state index contributed by atoms with van der Waals surface area (Å²) in [6.07, 6.45) is 7.64. The molecule has 2 heterocycles. The van der Waals surface area contributed by atoms with Crippen molar-refractivity contribution in [1.82, 2.24) is 4.90 Å². The number of hydrogen-bond donors (Lipinski definition) is 2. The lowest BCUT2D eigenvalue weighted by Crippen LogP contribution is -2.83. The molecule has 186 valence electrons. The molecule has 4 saturated carbocycles. The molecule has 5 heteroatoms. The summed E-state index contributed by atoms with van der Waals surface area (Å²) < 4.78 is 13.5. The highest BCUT2D eigenvalue weighted by atomic mass is 16.6. The predicted octanol–water partition coefficient (Wildman–Crippen LogP) is 4.41. The number of piperidine rings is 1. The Bertz CT molecular complexity index is 1060. The molecule has 1 saturated heterocycles. The number of rotatable bonds is 4. The third-order valence-electron chi connectivity index (χ3n) is 11.9. The Morgan fingerprint density at radius 2 is 1.91 bits per heavy atom. The van der Waals surface area contributed by atoms with E-state index in [4.69, 9.17) is 9.47 Å². The van der Waals surface area contributed by atoms with Crippen LogP contribution >= 0.6 is 0 Å². The fraction of sp³-hybridized carbons (Fsp3) is 0.793. The first kappa shape index (κ1) is 21.9. The van der Waals surface area contributed by atoms with E-state index < -0.39 is 11.2 Å². The fourth-order valence-electron chi connectivity index (χ4n) is 9.58. The summed E-state index contributed by atoms with van der Waals surface area (Å²) in [5.74, 6) is 1.80. The van der Waals surface area contributed by atoms with Crippen LogP contribution in [0.3, 0.4) is 0 Å². The van der Waals surface area contributed by atoms with E-state index in [1.807, 2.05) is 20.1 Å². The van der Waals surface area contributed by atoms with Crippen LogP contribution < -0.4 is 4.74 Å². The Balaban J connectivity index is 1.47. The third-order valence-corrected chi connectivity index (χ3v) is 11.9. The molecule has 0 amide bonds. The van der Waals surface area contributed by atoms with Crippen LogP contribution in [0.25, 0.3) is 0 Å². The molecule has 2 N–H and O–H groups in total. The van der Waals surface area contributed by atoms with Gasteiger partial charge in [-0.25, -0.2) is 0 Å². The molecule has 7 atom stereocenters. The van der Waals surface area contributed by atoms with Gasteiger partial charge in [0.15, 0.2) is 11.5 Å². The number of methoxy groups -OCH3 is 1. The maximum atomic E-state index is 12.2. The van der Waals surface area contributed by atoms with E-state index in [1.165, 1.54) is 30.5 Å². The average molecular weight is 468 g/mol. The largest absolute Gasteiger partial charge is 0.504 e. The summed E-state index contributed by atoms with van der Waals surface area (Å²) >= 11 is 0. The molecule has 0 aromatic heterocycles. The summed E-state index contributed by atoms with van der Waals surface area (Å²) in [7, 11) is 1.83. The Morgan fingerprint density at radius 1 is 1.15 bits per heavy atom. The fourth-order valence-corrected chi connectivity index (χ4v) is 9.58. The van der Waals surface area contributed by atoms with Gasteiger partial charge < -0.3 is 19.7 Å². The first-order valence-electron chi connectivity index (χ1n) is 13.6. The van der Waals surface area contributed by atoms with Crippen molar-refractivity contribution in [3.63, 3.8) is 0 Å². The van der Waals surface area contributed by atoms with Gasteiger partial charge in [0.2, 0.25) is 0 Å². The SMILES string of the molecule is CO[C@@]12CC[C@@]3(CC1C(C)(O)C(C)(C)C)[C@H]1Cc4ccc(O)c5c4[C@@]3(CCN1CC1CC1)C2O5. The van der Waals surface area contributed by atoms with Gasteiger partial charge in [-0.2, -0.15) is 0 Å². The highest BCUT2D eigenvalue weighted by Gasteiger charge is 2.82. The summed E-state index contributed by atoms with van der Waals surface area (Å²) in [6.45, 7) is 10.8. The van der Waals surface area contributed by atoms with Gasteiger partial charge in [0.1, 0.15) is 11.7 Å². The molecule has 2 aliphatic heterocycles. The third kappa shape index (κ3) is 2.25. The molecule has 5 fully saturated rings. The minimum atomic E-state index is -0.909. The van der Waals surface area contributed by atoms with Crippen molar-refractivity contribution in [2.75, 3.05) is 20.2 Å². The van der Waals surface area contributed by atoms with Gasteiger partial charge in [0, 0.05) is 42.0 Å². The number of hydrogen-bond acceptors (Lipinski definition) is 5. The van der Waals surface area contributed by atoms with Crippen LogP contribution in [-0.4, -0.2) is 58.7 Å². The van der Waals surface area contributed by atoms with Gasteiger partial charge in [-0.15, -0.1) is 0 Å². The van der Waals surface area contributed by atoms with Gasteiger partial charge in [-0.3, -0.25) is 4.90 Å². The Morgan fingerprint density at radius 3 is 2.59 bits per heavy atom. The summed E-state index contributed by atoms with van der Waals surface area (Å²) in [6, 6.07) is 4.46. The molecule has 5 nitrogen and oxygen atoms in total. The van der Waals surface area contributed by atoms with Crippen molar-refractivity contribution in [3.05, 3.63) is 23.3 Å². The average Bonchev–Trinajstić information content (AvgIpc) is 3.53. The molecular weight excluding hydrogens is 426 g/mol.